The first kappa shape index (κ1) is 16.8. The lowest BCUT2D eigenvalue weighted by atomic mass is 9.88. The van der Waals surface area contributed by atoms with E-state index in [1.54, 1.807) is 13.8 Å². The van der Waals surface area contributed by atoms with E-state index in [0.29, 0.717) is 12.3 Å². The van der Waals surface area contributed by atoms with Gasteiger partial charge in [-0.1, -0.05) is 6.92 Å². The molecule has 0 saturated carbocycles. The van der Waals surface area contributed by atoms with Crippen LogP contribution in [0.2, 0.25) is 0 Å². The summed E-state index contributed by atoms with van der Waals surface area (Å²) >= 11 is 0. The summed E-state index contributed by atoms with van der Waals surface area (Å²) in [6, 6.07) is -0.235. The second kappa shape index (κ2) is 7.47. The van der Waals surface area contributed by atoms with Gasteiger partial charge >= 0.3 is 12.0 Å². The molecule has 1 rings (SSSR count). The average molecular weight is 286 g/mol. The Morgan fingerprint density at radius 2 is 2.00 bits per heavy atom. The number of aliphatic carboxylic acids is 1. The van der Waals surface area contributed by atoms with Gasteiger partial charge in [-0.15, -0.1) is 0 Å². The van der Waals surface area contributed by atoms with E-state index in [9.17, 15) is 9.59 Å². The van der Waals surface area contributed by atoms with Crippen molar-refractivity contribution in [2.45, 2.75) is 46.1 Å². The Balaban J connectivity index is 2.37. The fourth-order valence-corrected chi connectivity index (χ4v) is 2.22. The van der Waals surface area contributed by atoms with Crippen LogP contribution < -0.4 is 10.6 Å². The summed E-state index contributed by atoms with van der Waals surface area (Å²) in [4.78, 5) is 23.0. The Morgan fingerprint density at radius 3 is 2.50 bits per heavy atom. The Hall–Kier alpha value is -1.30. The largest absolute Gasteiger partial charge is 0.481 e. The number of carbonyl (C=O) groups is 2. The van der Waals surface area contributed by atoms with Crippen LogP contribution in [-0.2, 0) is 9.53 Å². The van der Waals surface area contributed by atoms with Gasteiger partial charge in [0, 0.05) is 25.8 Å². The molecule has 20 heavy (non-hydrogen) atoms. The molecule has 0 spiro atoms. The van der Waals surface area contributed by atoms with Gasteiger partial charge in [0.25, 0.3) is 0 Å². The number of rotatable bonds is 6. The number of nitrogens with one attached hydrogen (secondary N) is 2. The van der Waals surface area contributed by atoms with Gasteiger partial charge < -0.3 is 20.5 Å². The fourth-order valence-electron chi connectivity index (χ4n) is 2.22. The van der Waals surface area contributed by atoms with Crippen molar-refractivity contribution in [1.82, 2.24) is 10.6 Å². The predicted octanol–water partition coefficient (Wildman–Crippen LogP) is 1.60. The highest BCUT2D eigenvalue weighted by Gasteiger charge is 2.31. The topological polar surface area (TPSA) is 87.7 Å². The molecule has 1 fully saturated rings. The maximum atomic E-state index is 11.8. The summed E-state index contributed by atoms with van der Waals surface area (Å²) in [7, 11) is 0. The van der Waals surface area contributed by atoms with Gasteiger partial charge in [0.2, 0.25) is 0 Å². The molecule has 2 atom stereocenters. The maximum absolute atomic E-state index is 11.8. The van der Waals surface area contributed by atoms with Crippen LogP contribution in [-0.4, -0.2) is 42.9 Å². The van der Waals surface area contributed by atoms with Crippen molar-refractivity contribution < 1.29 is 19.4 Å². The Labute approximate surface area is 120 Å². The summed E-state index contributed by atoms with van der Waals surface area (Å²) in [5.41, 5.74) is -0.917. The summed E-state index contributed by atoms with van der Waals surface area (Å²) in [6.07, 6.45) is 2.37. The summed E-state index contributed by atoms with van der Waals surface area (Å²) < 4.78 is 5.29. The van der Waals surface area contributed by atoms with Crippen LogP contribution in [0.5, 0.6) is 0 Å². The number of urea groups is 1. The molecule has 0 bridgehead atoms. The molecule has 116 valence electrons. The van der Waals surface area contributed by atoms with E-state index in [1.807, 2.05) is 6.92 Å². The molecule has 0 aromatic carbocycles. The number of amides is 2. The molecule has 1 heterocycles. The van der Waals surface area contributed by atoms with Crippen molar-refractivity contribution in [3.8, 4) is 0 Å². The van der Waals surface area contributed by atoms with E-state index >= 15 is 0 Å². The molecule has 1 saturated heterocycles. The quantitative estimate of drug-likeness (QED) is 0.692. The number of hydrogen-bond acceptors (Lipinski definition) is 3. The fraction of sp³-hybridized carbons (Fsp3) is 0.857. The third-order valence-corrected chi connectivity index (χ3v) is 4.27. The first-order valence-electron chi connectivity index (χ1n) is 7.24. The monoisotopic (exact) mass is 286 g/mol. The molecule has 0 aromatic heterocycles. The van der Waals surface area contributed by atoms with Gasteiger partial charge in [-0.2, -0.15) is 0 Å². The van der Waals surface area contributed by atoms with Crippen LogP contribution in [0.3, 0.4) is 0 Å². The van der Waals surface area contributed by atoms with E-state index < -0.39 is 11.4 Å². The smallest absolute Gasteiger partial charge is 0.315 e. The second-order valence-corrected chi connectivity index (χ2v) is 5.78. The first-order chi connectivity index (χ1) is 9.39. The van der Waals surface area contributed by atoms with E-state index in [-0.39, 0.29) is 18.6 Å². The third kappa shape index (κ3) is 4.67. The highest BCUT2D eigenvalue weighted by atomic mass is 16.5. The van der Waals surface area contributed by atoms with Gasteiger partial charge in [0.1, 0.15) is 0 Å². The number of hydrogen-bond donors (Lipinski definition) is 3. The van der Waals surface area contributed by atoms with Crippen LogP contribution in [0.4, 0.5) is 4.79 Å². The zero-order chi connectivity index (χ0) is 15.2. The predicted molar refractivity (Wildman–Crippen MR) is 75.6 cm³/mol. The molecular formula is C14H26N2O4. The molecule has 0 aromatic rings. The van der Waals surface area contributed by atoms with Gasteiger partial charge in [0.05, 0.1) is 5.41 Å². The van der Waals surface area contributed by atoms with E-state index in [2.05, 4.69) is 10.6 Å². The van der Waals surface area contributed by atoms with Crippen molar-refractivity contribution in [1.29, 1.82) is 0 Å². The van der Waals surface area contributed by atoms with Crippen LogP contribution in [0, 0.1) is 11.3 Å². The van der Waals surface area contributed by atoms with Crippen molar-refractivity contribution in [2.24, 2.45) is 11.3 Å². The van der Waals surface area contributed by atoms with Crippen molar-refractivity contribution in [2.75, 3.05) is 19.8 Å². The zero-order valence-corrected chi connectivity index (χ0v) is 12.6. The SMILES string of the molecule is CCC(C)(CNC(=O)NC(C)C1CCOCC1)C(=O)O. The average Bonchev–Trinajstić information content (AvgIpc) is 2.45. The maximum Gasteiger partial charge on any atom is 0.315 e. The molecule has 6 heteroatoms. The number of carbonyl (C=O) groups excluding carboxylic acids is 1. The minimum absolute atomic E-state index is 0.0663. The molecule has 1 aliphatic rings. The van der Waals surface area contributed by atoms with Crippen molar-refractivity contribution in [3.05, 3.63) is 0 Å². The molecule has 1 aliphatic heterocycles. The zero-order valence-electron chi connectivity index (χ0n) is 12.6. The Morgan fingerprint density at radius 1 is 1.40 bits per heavy atom. The molecule has 3 N–H and O–H groups in total. The molecule has 2 amide bonds. The van der Waals surface area contributed by atoms with Gasteiger partial charge in [-0.25, -0.2) is 4.79 Å². The highest BCUT2D eigenvalue weighted by molar-refractivity contribution is 5.77. The normalized spacial score (nSPS) is 20.8. The van der Waals surface area contributed by atoms with Crippen LogP contribution in [0.15, 0.2) is 0 Å². The number of ether oxygens (including phenoxy) is 1. The van der Waals surface area contributed by atoms with Gasteiger partial charge in [-0.05, 0) is 39.0 Å². The van der Waals surface area contributed by atoms with E-state index in [0.717, 1.165) is 26.1 Å². The molecule has 2 unspecified atom stereocenters. The van der Waals surface area contributed by atoms with E-state index in [4.69, 9.17) is 9.84 Å². The summed E-state index contributed by atoms with van der Waals surface area (Å²) in [5, 5.41) is 14.7. The standard InChI is InChI=1S/C14H26N2O4/c1-4-14(3,12(17)18)9-15-13(19)16-10(2)11-5-7-20-8-6-11/h10-11H,4-9H2,1-3H3,(H,17,18)(H2,15,16,19). The molecule has 0 radical (unpaired) electrons. The lowest BCUT2D eigenvalue weighted by Crippen LogP contribution is -2.49. The summed E-state index contributed by atoms with van der Waals surface area (Å²) in [5.74, 6) is -0.468. The van der Waals surface area contributed by atoms with Crippen LogP contribution >= 0.6 is 0 Å². The lowest BCUT2D eigenvalue weighted by molar-refractivity contribution is -0.147. The van der Waals surface area contributed by atoms with Gasteiger partial charge in [0.15, 0.2) is 0 Å². The minimum atomic E-state index is -0.917. The van der Waals surface area contributed by atoms with Crippen molar-refractivity contribution >= 4 is 12.0 Å². The lowest BCUT2D eigenvalue weighted by Gasteiger charge is -2.29. The molecular weight excluding hydrogens is 260 g/mol. The second-order valence-electron chi connectivity index (χ2n) is 5.78. The van der Waals surface area contributed by atoms with Crippen LogP contribution in [0.1, 0.15) is 40.0 Å². The molecule has 0 aliphatic carbocycles. The summed E-state index contributed by atoms with van der Waals surface area (Å²) in [6.45, 7) is 7.03. The minimum Gasteiger partial charge on any atom is -0.481 e. The van der Waals surface area contributed by atoms with E-state index in [1.165, 1.54) is 0 Å². The third-order valence-electron chi connectivity index (χ3n) is 4.27. The highest BCUT2D eigenvalue weighted by Crippen LogP contribution is 2.20. The first-order valence-corrected chi connectivity index (χ1v) is 7.24. The van der Waals surface area contributed by atoms with Crippen molar-refractivity contribution in [3.63, 3.8) is 0 Å². The van der Waals surface area contributed by atoms with Gasteiger partial charge in [-0.3, -0.25) is 4.79 Å². The number of carboxylic acid groups (broad SMARTS) is 1. The Kier molecular flexibility index (Phi) is 6.26. The Bertz CT molecular complexity index is 342. The molecule has 6 nitrogen and oxygen atoms in total. The number of carboxylic acids is 1. The van der Waals surface area contributed by atoms with Crippen LogP contribution in [0.25, 0.3) is 0 Å².